The second kappa shape index (κ2) is 5.59. The first kappa shape index (κ1) is 13.1. The van der Waals surface area contributed by atoms with E-state index in [2.05, 4.69) is 30.4 Å². The van der Waals surface area contributed by atoms with Gasteiger partial charge >= 0.3 is 0 Å². The van der Waals surface area contributed by atoms with Gasteiger partial charge in [0.1, 0.15) is 11.3 Å². The summed E-state index contributed by atoms with van der Waals surface area (Å²) in [5.41, 5.74) is 2.18. The van der Waals surface area contributed by atoms with Gasteiger partial charge in [-0.2, -0.15) is 0 Å². The second-order valence-electron chi connectivity index (χ2n) is 4.63. The minimum absolute atomic E-state index is 0.0707. The monoisotopic (exact) mass is 290 g/mol. The van der Waals surface area contributed by atoms with Crippen molar-refractivity contribution in [3.8, 4) is 0 Å². The molecule has 1 amide bonds. The summed E-state index contributed by atoms with van der Waals surface area (Å²) in [4.78, 5) is 22.3. The summed E-state index contributed by atoms with van der Waals surface area (Å²) in [5.74, 6) is -0.0707. The van der Waals surface area contributed by atoms with Gasteiger partial charge in [0.05, 0.1) is 12.2 Å². The molecule has 0 aliphatic carbocycles. The van der Waals surface area contributed by atoms with Gasteiger partial charge in [-0.05, 0) is 18.9 Å². The maximum atomic E-state index is 12.0. The van der Waals surface area contributed by atoms with Crippen LogP contribution in [-0.4, -0.2) is 44.1 Å². The molecule has 0 saturated carbocycles. The summed E-state index contributed by atoms with van der Waals surface area (Å²) in [6.07, 6.45) is 4.28. The summed E-state index contributed by atoms with van der Waals surface area (Å²) in [6.45, 7) is 3.71. The quantitative estimate of drug-likeness (QED) is 0.892. The number of nitrogens with one attached hydrogen (secondary N) is 1. The zero-order chi connectivity index (χ0) is 13.9. The molecule has 8 heteroatoms. The van der Waals surface area contributed by atoms with E-state index in [1.54, 1.807) is 6.33 Å². The van der Waals surface area contributed by atoms with E-state index in [-0.39, 0.29) is 5.91 Å². The Balaban J connectivity index is 1.58. The molecule has 2 aromatic heterocycles. The molecule has 1 N–H and O–H groups in total. The van der Waals surface area contributed by atoms with E-state index in [0.717, 1.165) is 23.7 Å². The number of hydrogen-bond acceptors (Lipinski definition) is 7. The van der Waals surface area contributed by atoms with Crippen molar-refractivity contribution in [3.63, 3.8) is 0 Å². The van der Waals surface area contributed by atoms with Gasteiger partial charge in [0.25, 0.3) is 0 Å². The Kier molecular flexibility index (Phi) is 3.66. The molecule has 0 aromatic carbocycles. The molecule has 0 radical (unpaired) electrons. The molecule has 0 saturated heterocycles. The van der Waals surface area contributed by atoms with Crippen LogP contribution in [0.25, 0.3) is 0 Å². The van der Waals surface area contributed by atoms with Gasteiger partial charge < -0.3 is 0 Å². The molecule has 0 unspecified atom stereocenters. The van der Waals surface area contributed by atoms with E-state index in [1.165, 1.54) is 16.9 Å². The first-order valence-corrected chi connectivity index (χ1v) is 7.12. The number of aromatic nitrogens is 4. The number of carbonyl (C=O) groups is 1. The first-order valence-electron chi connectivity index (χ1n) is 6.31. The van der Waals surface area contributed by atoms with Crippen LogP contribution in [0.3, 0.4) is 0 Å². The Hall–Kier alpha value is -1.93. The third kappa shape index (κ3) is 2.97. The van der Waals surface area contributed by atoms with Crippen molar-refractivity contribution in [1.82, 2.24) is 25.1 Å². The highest BCUT2D eigenvalue weighted by atomic mass is 32.1. The van der Waals surface area contributed by atoms with Gasteiger partial charge in [0, 0.05) is 19.3 Å². The number of anilines is 1. The van der Waals surface area contributed by atoms with E-state index < -0.39 is 0 Å². The van der Waals surface area contributed by atoms with Gasteiger partial charge in [-0.15, -0.1) is 10.2 Å². The lowest BCUT2D eigenvalue weighted by Gasteiger charge is -2.26. The minimum Gasteiger partial charge on any atom is -0.299 e. The van der Waals surface area contributed by atoms with Crippen LogP contribution in [0.5, 0.6) is 0 Å². The molecule has 0 atom stereocenters. The van der Waals surface area contributed by atoms with Crippen LogP contribution in [-0.2, 0) is 17.8 Å². The standard InChI is InChI=1S/C12H14N6OS/c1-8-16-17-12(20-8)15-11(19)6-18-3-2-9-4-13-7-14-10(9)5-18/h4,7H,2-3,5-6H2,1H3,(H,15,17,19). The fraction of sp³-hybridized carbons (Fsp3) is 0.417. The van der Waals surface area contributed by atoms with Crippen molar-refractivity contribution in [2.45, 2.75) is 19.9 Å². The number of carbonyl (C=O) groups excluding carboxylic acids is 1. The van der Waals surface area contributed by atoms with Crippen LogP contribution >= 0.6 is 11.3 Å². The van der Waals surface area contributed by atoms with Crippen molar-refractivity contribution in [2.24, 2.45) is 0 Å². The molecule has 104 valence electrons. The van der Waals surface area contributed by atoms with Crippen molar-refractivity contribution in [3.05, 3.63) is 28.8 Å². The molecule has 20 heavy (non-hydrogen) atoms. The molecule has 3 rings (SSSR count). The van der Waals surface area contributed by atoms with Crippen molar-refractivity contribution >= 4 is 22.4 Å². The van der Waals surface area contributed by atoms with Crippen LogP contribution < -0.4 is 5.32 Å². The van der Waals surface area contributed by atoms with Gasteiger partial charge in [0.2, 0.25) is 11.0 Å². The number of hydrogen-bond donors (Lipinski definition) is 1. The van der Waals surface area contributed by atoms with E-state index >= 15 is 0 Å². The summed E-state index contributed by atoms with van der Waals surface area (Å²) in [6, 6.07) is 0. The normalized spacial score (nSPS) is 14.8. The summed E-state index contributed by atoms with van der Waals surface area (Å²) >= 11 is 1.37. The fourth-order valence-electron chi connectivity index (χ4n) is 2.15. The van der Waals surface area contributed by atoms with Crippen molar-refractivity contribution in [2.75, 3.05) is 18.4 Å². The number of amides is 1. The van der Waals surface area contributed by atoms with Gasteiger partial charge in [-0.1, -0.05) is 11.3 Å². The molecule has 0 spiro atoms. The van der Waals surface area contributed by atoms with E-state index in [0.29, 0.717) is 18.2 Å². The average Bonchev–Trinajstić information content (AvgIpc) is 2.83. The summed E-state index contributed by atoms with van der Waals surface area (Å²) in [7, 11) is 0. The predicted octanol–water partition coefficient (Wildman–Crippen LogP) is 0.633. The Bertz CT molecular complexity index is 628. The Morgan fingerprint density at radius 3 is 3.20 bits per heavy atom. The summed E-state index contributed by atoms with van der Waals surface area (Å²) in [5, 5.41) is 11.9. The lowest BCUT2D eigenvalue weighted by molar-refractivity contribution is -0.117. The van der Waals surface area contributed by atoms with Gasteiger partial charge in [-0.25, -0.2) is 9.97 Å². The molecule has 1 aliphatic heterocycles. The average molecular weight is 290 g/mol. The third-order valence-corrected chi connectivity index (χ3v) is 3.85. The van der Waals surface area contributed by atoms with Crippen LogP contribution in [0, 0.1) is 6.92 Å². The van der Waals surface area contributed by atoms with Crippen LogP contribution in [0.2, 0.25) is 0 Å². The molecule has 2 aromatic rings. The topological polar surface area (TPSA) is 83.9 Å². The molecular weight excluding hydrogens is 276 g/mol. The largest absolute Gasteiger partial charge is 0.299 e. The van der Waals surface area contributed by atoms with Crippen molar-refractivity contribution < 1.29 is 4.79 Å². The fourth-order valence-corrected chi connectivity index (χ4v) is 2.76. The molecule has 7 nitrogen and oxygen atoms in total. The van der Waals surface area contributed by atoms with Crippen LogP contribution in [0.15, 0.2) is 12.5 Å². The highest BCUT2D eigenvalue weighted by Crippen LogP contribution is 2.16. The highest BCUT2D eigenvalue weighted by Gasteiger charge is 2.19. The number of rotatable bonds is 3. The number of nitrogens with zero attached hydrogens (tertiary/aromatic N) is 5. The molecule has 0 fully saturated rings. The highest BCUT2D eigenvalue weighted by molar-refractivity contribution is 7.15. The van der Waals surface area contributed by atoms with Crippen molar-refractivity contribution in [1.29, 1.82) is 0 Å². The lowest BCUT2D eigenvalue weighted by Crippen LogP contribution is -2.37. The Labute approximate surface area is 120 Å². The SMILES string of the molecule is Cc1nnc(NC(=O)CN2CCc3cncnc3C2)s1. The van der Waals surface area contributed by atoms with E-state index in [1.807, 2.05) is 13.1 Å². The first-order chi connectivity index (χ1) is 9.70. The maximum Gasteiger partial charge on any atom is 0.240 e. The molecular formula is C12H14N6OS. The minimum atomic E-state index is -0.0707. The zero-order valence-electron chi connectivity index (χ0n) is 11.0. The Morgan fingerprint density at radius 1 is 1.50 bits per heavy atom. The van der Waals surface area contributed by atoms with Crippen LogP contribution in [0.1, 0.15) is 16.3 Å². The third-order valence-electron chi connectivity index (χ3n) is 3.09. The smallest absolute Gasteiger partial charge is 0.240 e. The van der Waals surface area contributed by atoms with E-state index in [4.69, 9.17) is 0 Å². The molecule has 1 aliphatic rings. The van der Waals surface area contributed by atoms with Gasteiger partial charge in [-0.3, -0.25) is 15.0 Å². The molecule has 0 bridgehead atoms. The Morgan fingerprint density at radius 2 is 2.40 bits per heavy atom. The number of aryl methyl sites for hydroxylation is 1. The van der Waals surface area contributed by atoms with Crippen LogP contribution in [0.4, 0.5) is 5.13 Å². The van der Waals surface area contributed by atoms with E-state index in [9.17, 15) is 4.79 Å². The lowest BCUT2D eigenvalue weighted by atomic mass is 10.1. The number of fused-ring (bicyclic) bond motifs is 1. The predicted molar refractivity (Wildman–Crippen MR) is 74.3 cm³/mol. The van der Waals surface area contributed by atoms with Gasteiger partial charge in [0.15, 0.2) is 0 Å². The maximum absolute atomic E-state index is 12.0. The zero-order valence-corrected chi connectivity index (χ0v) is 11.9. The summed E-state index contributed by atoms with van der Waals surface area (Å²) < 4.78 is 0. The molecule has 3 heterocycles. The second-order valence-corrected chi connectivity index (χ2v) is 5.81.